The number of likely N-dealkylation sites (tertiary alicyclic amines) is 1. The third-order valence-electron chi connectivity index (χ3n) is 6.88. The minimum absolute atomic E-state index is 0.0179. The predicted octanol–water partition coefficient (Wildman–Crippen LogP) is 8.20. The van der Waals surface area contributed by atoms with E-state index in [9.17, 15) is 23.1 Å². The van der Waals surface area contributed by atoms with Crippen LogP contribution in [0, 0.1) is 16.7 Å². The SMILES string of the molecule is CC(C)(C)CCC(CCC(C)(C)C)N1CCC(F)(F)[C@H](CC(=O)O)[C@H]1c1ccc(C(F)(F)F)cc1. The molecule has 8 heteroatoms. The Hall–Kier alpha value is -1.70. The number of hydrogen-bond acceptors (Lipinski definition) is 2. The molecule has 1 aromatic rings. The van der Waals surface area contributed by atoms with Crippen LogP contribution in [0.4, 0.5) is 22.0 Å². The molecule has 1 heterocycles. The monoisotopic (exact) mass is 505 g/mol. The van der Waals surface area contributed by atoms with Crippen LogP contribution in [-0.4, -0.2) is 34.5 Å². The van der Waals surface area contributed by atoms with E-state index in [4.69, 9.17) is 0 Å². The van der Waals surface area contributed by atoms with Crippen LogP contribution in [-0.2, 0) is 11.0 Å². The molecule has 0 aliphatic carbocycles. The van der Waals surface area contributed by atoms with E-state index < -0.39 is 48.4 Å². The van der Waals surface area contributed by atoms with E-state index in [1.165, 1.54) is 12.1 Å². The van der Waals surface area contributed by atoms with Gasteiger partial charge in [0.25, 0.3) is 5.92 Å². The van der Waals surface area contributed by atoms with Crippen molar-refractivity contribution in [3.63, 3.8) is 0 Å². The normalized spacial score (nSPS) is 21.9. The quantitative estimate of drug-likeness (QED) is 0.362. The zero-order valence-corrected chi connectivity index (χ0v) is 21.7. The van der Waals surface area contributed by atoms with Crippen LogP contribution in [0.1, 0.15) is 97.2 Å². The molecule has 200 valence electrons. The fraction of sp³-hybridized carbons (Fsp3) is 0.741. The van der Waals surface area contributed by atoms with Gasteiger partial charge in [-0.2, -0.15) is 13.2 Å². The lowest BCUT2D eigenvalue weighted by Crippen LogP contribution is -2.53. The van der Waals surface area contributed by atoms with Crippen molar-refractivity contribution < 1.29 is 31.9 Å². The lowest BCUT2D eigenvalue weighted by Gasteiger charge is -2.49. The summed E-state index contributed by atoms with van der Waals surface area (Å²) in [7, 11) is 0. The molecular formula is C27H40F5NO2. The first kappa shape index (κ1) is 29.5. The maximum atomic E-state index is 15.2. The zero-order chi connectivity index (χ0) is 26.8. The summed E-state index contributed by atoms with van der Waals surface area (Å²) in [6.07, 6.45) is -2.60. The number of halogens is 5. The summed E-state index contributed by atoms with van der Waals surface area (Å²) in [4.78, 5) is 13.6. The average molecular weight is 506 g/mol. The molecule has 0 aromatic heterocycles. The first-order valence-corrected chi connectivity index (χ1v) is 12.3. The maximum Gasteiger partial charge on any atom is 0.416 e. The van der Waals surface area contributed by atoms with Crippen LogP contribution >= 0.6 is 0 Å². The third kappa shape index (κ3) is 8.72. The average Bonchev–Trinajstić information content (AvgIpc) is 2.67. The molecule has 0 unspecified atom stereocenters. The van der Waals surface area contributed by atoms with Crippen molar-refractivity contribution in [2.75, 3.05) is 6.54 Å². The van der Waals surface area contributed by atoms with Crippen LogP contribution in [0.2, 0.25) is 0 Å². The molecule has 1 aromatic carbocycles. The van der Waals surface area contributed by atoms with Gasteiger partial charge in [-0.25, -0.2) is 8.78 Å². The molecule has 1 aliphatic heterocycles. The number of benzene rings is 1. The summed E-state index contributed by atoms with van der Waals surface area (Å²) < 4.78 is 69.8. The Labute approximate surface area is 206 Å². The second-order valence-corrected chi connectivity index (χ2v) is 12.4. The standard InChI is InChI=1S/C27H40F5NO2/c1-24(2,3)13-11-20(12-14-25(4,5)6)33-16-15-26(28,29)21(17-22(34)35)23(33)18-7-9-19(10-8-18)27(30,31)32/h7-10,20-21,23H,11-17H2,1-6H3,(H,34,35)/t21-,23-/m1/s1. The minimum atomic E-state index is -4.54. The van der Waals surface area contributed by atoms with Gasteiger partial charge in [0.15, 0.2) is 0 Å². The van der Waals surface area contributed by atoms with Crippen LogP contribution in [0.3, 0.4) is 0 Å². The molecular weight excluding hydrogens is 465 g/mol. The smallest absolute Gasteiger partial charge is 0.416 e. The zero-order valence-electron chi connectivity index (χ0n) is 21.7. The number of piperidine rings is 1. The van der Waals surface area contributed by atoms with Crippen LogP contribution in [0.25, 0.3) is 0 Å². The van der Waals surface area contributed by atoms with Gasteiger partial charge in [-0.3, -0.25) is 9.69 Å². The Bertz CT molecular complexity index is 819. The largest absolute Gasteiger partial charge is 0.481 e. The summed E-state index contributed by atoms with van der Waals surface area (Å²) in [6, 6.07) is 3.20. The second kappa shape index (κ2) is 10.7. The van der Waals surface area contributed by atoms with E-state index in [-0.39, 0.29) is 23.4 Å². The summed E-state index contributed by atoms with van der Waals surface area (Å²) in [6.45, 7) is 12.7. The molecule has 0 spiro atoms. The summed E-state index contributed by atoms with van der Waals surface area (Å²) in [5, 5.41) is 9.46. The number of alkyl halides is 5. The van der Waals surface area contributed by atoms with Gasteiger partial charge >= 0.3 is 12.1 Å². The van der Waals surface area contributed by atoms with E-state index in [1.54, 1.807) is 0 Å². The van der Waals surface area contributed by atoms with Gasteiger partial charge in [0.1, 0.15) is 0 Å². The van der Waals surface area contributed by atoms with Gasteiger partial charge in [0, 0.05) is 25.0 Å². The van der Waals surface area contributed by atoms with Crippen molar-refractivity contribution in [1.29, 1.82) is 0 Å². The Morgan fingerprint density at radius 1 is 1.00 bits per heavy atom. The molecule has 0 saturated carbocycles. The highest BCUT2D eigenvalue weighted by Crippen LogP contribution is 2.49. The van der Waals surface area contributed by atoms with Gasteiger partial charge in [-0.05, 0) is 54.2 Å². The van der Waals surface area contributed by atoms with Crippen molar-refractivity contribution in [3.8, 4) is 0 Å². The van der Waals surface area contributed by atoms with E-state index in [0.29, 0.717) is 5.56 Å². The van der Waals surface area contributed by atoms with Crippen LogP contribution < -0.4 is 0 Å². The number of aliphatic carboxylic acids is 1. The molecule has 1 N–H and O–H groups in total. The Morgan fingerprint density at radius 2 is 1.49 bits per heavy atom. The minimum Gasteiger partial charge on any atom is -0.481 e. The second-order valence-electron chi connectivity index (χ2n) is 12.4. The number of rotatable bonds is 8. The number of carboxylic acid groups (broad SMARTS) is 1. The first-order chi connectivity index (χ1) is 15.8. The van der Waals surface area contributed by atoms with Gasteiger partial charge in [0.05, 0.1) is 17.9 Å². The predicted molar refractivity (Wildman–Crippen MR) is 127 cm³/mol. The molecule has 2 rings (SSSR count). The molecule has 1 aliphatic rings. The van der Waals surface area contributed by atoms with Crippen molar-refractivity contribution in [3.05, 3.63) is 35.4 Å². The Morgan fingerprint density at radius 3 is 1.89 bits per heavy atom. The fourth-order valence-corrected chi connectivity index (χ4v) is 4.89. The highest BCUT2D eigenvalue weighted by Gasteiger charge is 2.52. The van der Waals surface area contributed by atoms with Crippen molar-refractivity contribution in [2.24, 2.45) is 16.7 Å². The van der Waals surface area contributed by atoms with Crippen molar-refractivity contribution in [2.45, 2.75) is 104 Å². The Kier molecular flexibility index (Phi) is 9.05. The van der Waals surface area contributed by atoms with Crippen molar-refractivity contribution in [1.82, 2.24) is 4.90 Å². The topological polar surface area (TPSA) is 40.5 Å². The third-order valence-corrected chi connectivity index (χ3v) is 6.88. The Balaban J connectivity index is 2.54. The number of hydrogen-bond donors (Lipinski definition) is 1. The molecule has 1 fully saturated rings. The number of carboxylic acids is 1. The van der Waals surface area contributed by atoms with E-state index in [2.05, 4.69) is 41.5 Å². The van der Waals surface area contributed by atoms with Gasteiger partial charge in [-0.1, -0.05) is 53.7 Å². The summed E-state index contributed by atoms with van der Waals surface area (Å²) in [5.41, 5.74) is -0.518. The van der Waals surface area contributed by atoms with E-state index in [0.717, 1.165) is 37.8 Å². The molecule has 1 saturated heterocycles. The lowest BCUT2D eigenvalue weighted by atomic mass is 9.77. The number of carbonyl (C=O) groups is 1. The lowest BCUT2D eigenvalue weighted by molar-refractivity contribution is -0.163. The molecule has 3 nitrogen and oxygen atoms in total. The molecule has 0 bridgehead atoms. The molecule has 2 atom stereocenters. The summed E-state index contributed by atoms with van der Waals surface area (Å²) in [5.74, 6) is -6.10. The molecule has 0 radical (unpaired) electrons. The van der Waals surface area contributed by atoms with Crippen molar-refractivity contribution >= 4 is 5.97 Å². The summed E-state index contributed by atoms with van der Waals surface area (Å²) >= 11 is 0. The van der Waals surface area contributed by atoms with Gasteiger partial charge in [-0.15, -0.1) is 0 Å². The number of nitrogens with zero attached hydrogens (tertiary/aromatic N) is 1. The van der Waals surface area contributed by atoms with Gasteiger partial charge < -0.3 is 5.11 Å². The highest BCUT2D eigenvalue weighted by atomic mass is 19.4. The van der Waals surface area contributed by atoms with Crippen LogP contribution in [0.15, 0.2) is 24.3 Å². The fourth-order valence-electron chi connectivity index (χ4n) is 4.89. The first-order valence-electron chi connectivity index (χ1n) is 12.3. The molecule has 35 heavy (non-hydrogen) atoms. The maximum absolute atomic E-state index is 15.2. The van der Waals surface area contributed by atoms with E-state index >= 15 is 8.78 Å². The molecule has 0 amide bonds. The van der Waals surface area contributed by atoms with Crippen LogP contribution in [0.5, 0.6) is 0 Å². The highest BCUT2D eigenvalue weighted by molar-refractivity contribution is 5.67. The van der Waals surface area contributed by atoms with E-state index in [1.807, 2.05) is 4.90 Å². The van der Waals surface area contributed by atoms with Gasteiger partial charge in [0.2, 0.25) is 0 Å².